The van der Waals surface area contributed by atoms with Crippen LogP contribution in [-0.2, 0) is 5.41 Å². The Morgan fingerprint density at radius 1 is 0.551 bits per heavy atom. The molecule has 0 saturated carbocycles. The zero-order valence-electron chi connectivity index (χ0n) is 28.1. The van der Waals surface area contributed by atoms with Crippen LogP contribution in [0.2, 0.25) is 13.1 Å². The van der Waals surface area contributed by atoms with Crippen LogP contribution < -0.4 is 10.5 Å². The molecule has 0 radical (unpaired) electrons. The van der Waals surface area contributed by atoms with Crippen LogP contribution in [0.3, 0.4) is 0 Å². The van der Waals surface area contributed by atoms with Gasteiger partial charge in [0.1, 0.15) is 8.07 Å². The Morgan fingerprint density at radius 2 is 1.24 bits per heavy atom. The van der Waals surface area contributed by atoms with Gasteiger partial charge in [-0.15, -0.1) is 0 Å². The molecule has 2 aliphatic rings. The average molecular weight is 646 g/mol. The van der Waals surface area contributed by atoms with Crippen LogP contribution in [0.4, 0.5) is 0 Å². The highest BCUT2D eigenvalue weighted by atomic mass is 28.3. The van der Waals surface area contributed by atoms with Crippen LogP contribution >= 0.6 is 0 Å². The number of rotatable bonds is 3. The Bertz CT molecular complexity index is 2650. The smallest absolute Gasteiger partial charge is 0.159 e. The van der Waals surface area contributed by atoms with Crippen LogP contribution in [0.25, 0.3) is 72.4 Å². The van der Waals surface area contributed by atoms with Gasteiger partial charge in [-0.1, -0.05) is 124 Å². The van der Waals surface area contributed by atoms with Crippen LogP contribution in [0.5, 0.6) is 0 Å². The van der Waals surface area contributed by atoms with E-state index in [4.69, 9.17) is 9.97 Å². The number of hydrogen-bond acceptors (Lipinski definition) is 2. The molecule has 10 rings (SSSR count). The molecular formula is C45H35N3Si. The van der Waals surface area contributed by atoms with Crippen molar-refractivity contribution in [3.8, 4) is 50.6 Å². The first-order valence-electron chi connectivity index (χ1n) is 17.2. The van der Waals surface area contributed by atoms with Gasteiger partial charge in [0.15, 0.2) is 5.82 Å². The van der Waals surface area contributed by atoms with E-state index in [2.05, 4.69) is 171 Å². The Hall–Kier alpha value is -5.58. The van der Waals surface area contributed by atoms with Gasteiger partial charge < -0.3 is 4.57 Å². The van der Waals surface area contributed by atoms with Crippen molar-refractivity contribution in [3.05, 3.63) is 151 Å². The van der Waals surface area contributed by atoms with E-state index < -0.39 is 8.07 Å². The van der Waals surface area contributed by atoms with Crippen LogP contribution in [0.15, 0.2) is 140 Å². The Labute approximate surface area is 287 Å². The summed E-state index contributed by atoms with van der Waals surface area (Å²) in [6, 6.07) is 50.9. The van der Waals surface area contributed by atoms with Gasteiger partial charge in [-0.2, -0.15) is 0 Å². The molecule has 0 bridgehead atoms. The second-order valence-corrected chi connectivity index (χ2v) is 18.9. The normalized spacial score (nSPS) is 14.9. The predicted octanol–water partition coefficient (Wildman–Crippen LogP) is 10.0. The van der Waals surface area contributed by atoms with Crippen molar-refractivity contribution in [3.63, 3.8) is 0 Å². The third-order valence-corrected chi connectivity index (χ3v) is 14.5. The quantitative estimate of drug-likeness (QED) is 0.179. The summed E-state index contributed by atoms with van der Waals surface area (Å²) in [4.78, 5) is 10.7. The largest absolute Gasteiger partial charge is 0.309 e. The SMILES string of the molecule is CC1(C)c2ccccc2-c2cc3c(cc21)c1ccccc1n3-c1ccc(-c2nc(-c3ccccc3)c3c(n2)[Si](C)(C)c2ccccc2-3)cc1. The van der Waals surface area contributed by atoms with E-state index in [0.29, 0.717) is 0 Å². The van der Waals surface area contributed by atoms with Gasteiger partial charge in [0.2, 0.25) is 0 Å². The van der Waals surface area contributed by atoms with E-state index in [1.165, 1.54) is 65.7 Å². The first kappa shape index (κ1) is 28.4. The molecule has 0 spiro atoms. The molecule has 4 heteroatoms. The van der Waals surface area contributed by atoms with Gasteiger partial charge in [0, 0.05) is 43.9 Å². The van der Waals surface area contributed by atoms with Crippen molar-refractivity contribution in [1.29, 1.82) is 0 Å². The van der Waals surface area contributed by atoms with Crippen LogP contribution in [-0.4, -0.2) is 22.6 Å². The molecule has 49 heavy (non-hydrogen) atoms. The zero-order chi connectivity index (χ0) is 33.1. The van der Waals surface area contributed by atoms with Crippen molar-refractivity contribution in [2.45, 2.75) is 32.4 Å². The Balaban J connectivity index is 1.15. The standard InChI is InChI=1S/C45H35N3Si/c1-45(2)36-19-11-8-16-31(36)34-27-39-35(26-37(34)45)32-17-9-12-20-38(32)48(39)30-24-22-29(23-25-30)43-46-42(28-14-6-5-7-15-28)41-33-18-10-13-21-40(33)49(3,4)44(41)47-43/h5-27H,1-4H3. The maximum atomic E-state index is 5.39. The van der Waals surface area contributed by atoms with Gasteiger partial charge >= 0.3 is 0 Å². The molecule has 0 atom stereocenters. The molecule has 3 nitrogen and oxygen atoms in total. The van der Waals surface area contributed by atoms with Crippen molar-refractivity contribution >= 4 is 40.4 Å². The molecule has 3 heterocycles. The van der Waals surface area contributed by atoms with E-state index in [1.807, 2.05) is 0 Å². The highest BCUT2D eigenvalue weighted by Gasteiger charge is 2.41. The summed E-state index contributed by atoms with van der Waals surface area (Å²) in [6.07, 6.45) is 0. The lowest BCUT2D eigenvalue weighted by atomic mass is 9.82. The highest BCUT2D eigenvalue weighted by Crippen LogP contribution is 2.51. The molecule has 0 saturated heterocycles. The number of para-hydroxylation sites is 1. The minimum Gasteiger partial charge on any atom is -0.309 e. The third-order valence-electron chi connectivity index (χ3n) is 11.2. The molecule has 0 fully saturated rings. The molecule has 2 aromatic heterocycles. The molecule has 0 amide bonds. The number of aromatic nitrogens is 3. The summed E-state index contributed by atoms with van der Waals surface area (Å²) in [7, 11) is -2.03. The molecule has 234 valence electrons. The van der Waals surface area contributed by atoms with Gasteiger partial charge in [-0.25, -0.2) is 9.97 Å². The molecule has 6 aromatic carbocycles. The lowest BCUT2D eigenvalue weighted by molar-refractivity contribution is 0.661. The van der Waals surface area contributed by atoms with E-state index >= 15 is 0 Å². The van der Waals surface area contributed by atoms with Gasteiger partial charge in [-0.3, -0.25) is 0 Å². The summed E-state index contributed by atoms with van der Waals surface area (Å²) in [5.41, 5.74) is 14.7. The lowest BCUT2D eigenvalue weighted by Crippen LogP contribution is -2.50. The molecular weight excluding hydrogens is 611 g/mol. The summed E-state index contributed by atoms with van der Waals surface area (Å²) >= 11 is 0. The molecule has 1 aliphatic heterocycles. The van der Waals surface area contributed by atoms with Crippen molar-refractivity contribution in [2.75, 3.05) is 0 Å². The van der Waals surface area contributed by atoms with Crippen molar-refractivity contribution in [2.24, 2.45) is 0 Å². The molecule has 1 aliphatic carbocycles. The molecule has 8 aromatic rings. The summed E-state index contributed by atoms with van der Waals surface area (Å²) in [5, 5.41) is 5.23. The van der Waals surface area contributed by atoms with Crippen molar-refractivity contribution < 1.29 is 0 Å². The maximum Gasteiger partial charge on any atom is 0.159 e. The topological polar surface area (TPSA) is 30.7 Å². The Morgan fingerprint density at radius 3 is 2.06 bits per heavy atom. The van der Waals surface area contributed by atoms with Gasteiger partial charge in [-0.05, 0) is 75.5 Å². The zero-order valence-corrected chi connectivity index (χ0v) is 29.1. The highest BCUT2D eigenvalue weighted by molar-refractivity contribution is 7.03. The second-order valence-electron chi connectivity index (χ2n) is 14.6. The minimum atomic E-state index is -2.03. The number of nitrogens with zero attached hydrogens (tertiary/aromatic N) is 3. The van der Waals surface area contributed by atoms with Crippen LogP contribution in [0, 0.1) is 0 Å². The predicted molar refractivity (Wildman–Crippen MR) is 207 cm³/mol. The fourth-order valence-corrected chi connectivity index (χ4v) is 11.6. The average Bonchev–Trinajstić information content (AvgIpc) is 3.68. The summed E-state index contributed by atoms with van der Waals surface area (Å²) < 4.78 is 2.42. The first-order valence-corrected chi connectivity index (χ1v) is 20.2. The first-order chi connectivity index (χ1) is 23.8. The lowest BCUT2D eigenvalue weighted by Gasteiger charge is -2.21. The Kier molecular flexibility index (Phi) is 5.79. The van der Waals surface area contributed by atoms with Gasteiger partial charge in [0.05, 0.1) is 16.7 Å². The van der Waals surface area contributed by atoms with Crippen molar-refractivity contribution in [1.82, 2.24) is 14.5 Å². The van der Waals surface area contributed by atoms with E-state index in [1.54, 1.807) is 0 Å². The summed E-state index contributed by atoms with van der Waals surface area (Å²) in [6.45, 7) is 9.55. The minimum absolute atomic E-state index is 0.0434. The van der Waals surface area contributed by atoms with Gasteiger partial charge in [0.25, 0.3) is 0 Å². The third kappa shape index (κ3) is 3.89. The maximum absolute atomic E-state index is 5.39. The van der Waals surface area contributed by atoms with E-state index in [0.717, 1.165) is 28.3 Å². The van der Waals surface area contributed by atoms with E-state index in [9.17, 15) is 0 Å². The molecule has 0 N–H and O–H groups in total. The molecule has 0 unspecified atom stereocenters. The second kappa shape index (κ2) is 9.97. The fraction of sp³-hybridized carbons (Fsp3) is 0.111. The number of benzene rings is 6. The number of hydrogen-bond donors (Lipinski definition) is 0. The number of fused-ring (bicyclic) bond motifs is 9. The fourth-order valence-electron chi connectivity index (χ4n) is 8.68. The summed E-state index contributed by atoms with van der Waals surface area (Å²) in [5.74, 6) is 0.788. The van der Waals surface area contributed by atoms with Crippen LogP contribution in [0.1, 0.15) is 25.0 Å². The van der Waals surface area contributed by atoms with E-state index in [-0.39, 0.29) is 5.41 Å². The monoisotopic (exact) mass is 645 g/mol.